The topological polar surface area (TPSA) is 249 Å². The minimum absolute atomic E-state index is 0.00302. The van der Waals surface area contributed by atoms with E-state index in [1.807, 2.05) is 19.9 Å². The van der Waals surface area contributed by atoms with Gasteiger partial charge in [-0.2, -0.15) is 4.99 Å². The number of benzene rings is 2. The van der Waals surface area contributed by atoms with Crippen molar-refractivity contribution in [2.45, 2.75) is 73.4 Å². The molecule has 6 rings (SSSR count). The van der Waals surface area contributed by atoms with Crippen LogP contribution in [0.25, 0.3) is 21.3 Å². The molecule has 0 bridgehead atoms. The zero-order valence-electron chi connectivity index (χ0n) is 33.2. The average molecular weight is 827 g/mol. The third kappa shape index (κ3) is 8.99. The third-order valence-electron chi connectivity index (χ3n) is 9.10. The van der Waals surface area contributed by atoms with Gasteiger partial charge in [0.2, 0.25) is 23.4 Å². The molecular formula is C40H42N8O10S. The number of carbonyl (C=O) groups is 5. The number of oxazole rings is 2. The van der Waals surface area contributed by atoms with Crippen molar-refractivity contribution in [3.05, 3.63) is 87.0 Å². The Morgan fingerprint density at radius 3 is 2.17 bits per heavy atom. The molecule has 0 aliphatic heterocycles. The van der Waals surface area contributed by atoms with E-state index in [2.05, 4.69) is 25.3 Å². The van der Waals surface area contributed by atoms with E-state index in [1.54, 1.807) is 41.2 Å². The molecule has 2 aromatic carbocycles. The van der Waals surface area contributed by atoms with Crippen LogP contribution in [0, 0.1) is 13.8 Å². The number of ether oxygens (including phenoxy) is 2. The maximum absolute atomic E-state index is 13.6. The number of thiazole rings is 1. The molecule has 308 valence electrons. The van der Waals surface area contributed by atoms with Crippen LogP contribution in [-0.2, 0) is 30.7 Å². The summed E-state index contributed by atoms with van der Waals surface area (Å²) in [6.07, 6.45) is 4.52. The molecule has 0 aliphatic rings. The molecule has 0 atom stereocenters. The maximum atomic E-state index is 13.6. The van der Waals surface area contributed by atoms with Crippen molar-refractivity contribution in [3.8, 4) is 11.5 Å². The second kappa shape index (κ2) is 17.7. The van der Waals surface area contributed by atoms with Crippen LogP contribution in [0.1, 0.15) is 98.6 Å². The molecule has 18 nitrogen and oxygen atoms in total. The summed E-state index contributed by atoms with van der Waals surface area (Å²) in [5.74, 6) is -1.78. The number of nitrogens with one attached hydrogen (secondary N) is 1. The SMILES string of the molecule is CCc1nc(C)oc1C(=O)/N=c1\sc2cc(C(C)=O)cc(OC)c2n1C/C=C/Cn1c(NC(=O)c2oc(C)nc2CC)nc2cc(C(N)=O)cc(OCCCC(=O)O)c21. The number of carbonyl (C=O) groups excluding carboxylic acids is 4. The van der Waals surface area contributed by atoms with Crippen molar-refractivity contribution in [1.82, 2.24) is 24.1 Å². The predicted octanol–water partition coefficient (Wildman–Crippen LogP) is 5.57. The molecule has 0 spiro atoms. The number of carboxylic acids is 1. The van der Waals surface area contributed by atoms with Gasteiger partial charge in [0.05, 0.1) is 35.3 Å². The first kappa shape index (κ1) is 41.7. The lowest BCUT2D eigenvalue weighted by atomic mass is 10.1. The van der Waals surface area contributed by atoms with Gasteiger partial charge in [0.15, 0.2) is 22.4 Å². The summed E-state index contributed by atoms with van der Waals surface area (Å²) in [5.41, 5.74) is 8.33. The molecule has 6 aromatic rings. The minimum atomic E-state index is -0.994. The molecule has 4 aromatic heterocycles. The molecule has 0 saturated heterocycles. The van der Waals surface area contributed by atoms with Crippen molar-refractivity contribution >= 4 is 68.0 Å². The molecule has 19 heteroatoms. The first-order valence-electron chi connectivity index (χ1n) is 18.6. The molecule has 59 heavy (non-hydrogen) atoms. The van der Waals surface area contributed by atoms with Crippen molar-refractivity contribution in [3.63, 3.8) is 0 Å². The molecular weight excluding hydrogens is 785 g/mol. The number of hydrogen-bond acceptors (Lipinski definition) is 13. The van der Waals surface area contributed by atoms with Gasteiger partial charge in [0, 0.05) is 44.5 Å². The van der Waals surface area contributed by atoms with Crippen LogP contribution >= 0.6 is 11.3 Å². The highest BCUT2D eigenvalue weighted by Crippen LogP contribution is 2.33. The number of nitrogens with zero attached hydrogens (tertiary/aromatic N) is 6. The number of ketones is 1. The number of Topliss-reactive ketones (excluding diaryl/α,β-unsaturated/α-hetero) is 1. The third-order valence-corrected chi connectivity index (χ3v) is 10.1. The van der Waals surface area contributed by atoms with E-state index in [-0.39, 0.29) is 72.6 Å². The summed E-state index contributed by atoms with van der Waals surface area (Å²) >= 11 is 1.19. The van der Waals surface area contributed by atoms with Crippen molar-refractivity contribution in [2.75, 3.05) is 19.0 Å². The predicted molar refractivity (Wildman–Crippen MR) is 215 cm³/mol. The fraction of sp³-hybridized carbons (Fsp3) is 0.325. The quantitative estimate of drug-likeness (QED) is 0.0578. The number of aryl methyl sites for hydroxylation is 4. The number of fused-ring (bicyclic) bond motifs is 2. The molecule has 3 amide bonds. The summed E-state index contributed by atoms with van der Waals surface area (Å²) < 4.78 is 27.1. The number of nitrogens with two attached hydrogens (primary N) is 1. The maximum Gasteiger partial charge on any atom is 0.317 e. The van der Waals surface area contributed by atoms with Crippen LogP contribution in [0.3, 0.4) is 0 Å². The second-order valence-electron chi connectivity index (χ2n) is 13.2. The van der Waals surface area contributed by atoms with Gasteiger partial charge >= 0.3 is 11.9 Å². The Labute approximate surface area is 340 Å². The number of methoxy groups -OCH3 is 1. The number of imidazole rings is 1. The van der Waals surface area contributed by atoms with E-state index in [9.17, 15) is 24.0 Å². The van der Waals surface area contributed by atoms with Gasteiger partial charge < -0.3 is 38.3 Å². The summed E-state index contributed by atoms with van der Waals surface area (Å²) in [4.78, 5) is 81.1. The number of primary amides is 1. The highest BCUT2D eigenvalue weighted by molar-refractivity contribution is 7.16. The second-order valence-corrected chi connectivity index (χ2v) is 14.3. The van der Waals surface area contributed by atoms with Gasteiger partial charge in [-0.3, -0.25) is 29.3 Å². The van der Waals surface area contributed by atoms with Gasteiger partial charge in [-0.15, -0.1) is 0 Å². The minimum Gasteiger partial charge on any atom is -0.494 e. The zero-order chi connectivity index (χ0) is 42.5. The molecule has 0 aliphatic carbocycles. The number of hydrogen-bond donors (Lipinski definition) is 3. The van der Waals surface area contributed by atoms with Gasteiger partial charge in [0.1, 0.15) is 22.5 Å². The van der Waals surface area contributed by atoms with Crippen LogP contribution in [0.4, 0.5) is 5.95 Å². The Hall–Kier alpha value is -6.89. The Morgan fingerprint density at radius 1 is 0.898 bits per heavy atom. The number of carboxylic acid groups (broad SMARTS) is 1. The van der Waals surface area contributed by atoms with Gasteiger partial charge in [-0.25, -0.2) is 15.0 Å². The van der Waals surface area contributed by atoms with E-state index >= 15 is 0 Å². The van der Waals surface area contributed by atoms with Crippen LogP contribution in [0.5, 0.6) is 11.5 Å². The Balaban J connectivity index is 1.44. The monoisotopic (exact) mass is 826 g/mol. The summed E-state index contributed by atoms with van der Waals surface area (Å²) in [6, 6.07) is 6.25. The largest absolute Gasteiger partial charge is 0.494 e. The summed E-state index contributed by atoms with van der Waals surface area (Å²) in [6.45, 7) is 8.67. The summed E-state index contributed by atoms with van der Waals surface area (Å²) in [7, 11) is 1.48. The van der Waals surface area contributed by atoms with Gasteiger partial charge in [0.25, 0.3) is 5.91 Å². The zero-order valence-corrected chi connectivity index (χ0v) is 34.0. The normalized spacial score (nSPS) is 11.9. The van der Waals surface area contributed by atoms with E-state index < -0.39 is 23.7 Å². The lowest BCUT2D eigenvalue weighted by Crippen LogP contribution is -2.18. The van der Waals surface area contributed by atoms with Crippen molar-refractivity contribution in [2.24, 2.45) is 10.7 Å². The van der Waals surface area contributed by atoms with Gasteiger partial charge in [-0.05, 0) is 50.5 Å². The first-order chi connectivity index (χ1) is 28.2. The average Bonchev–Trinajstić information content (AvgIpc) is 3.96. The number of rotatable bonds is 17. The number of anilines is 1. The molecule has 0 saturated carbocycles. The highest BCUT2D eigenvalue weighted by Gasteiger charge is 2.24. The van der Waals surface area contributed by atoms with E-state index in [0.717, 1.165) is 0 Å². The number of allylic oxidation sites excluding steroid dienone is 2. The lowest BCUT2D eigenvalue weighted by Gasteiger charge is -2.12. The number of amides is 3. The fourth-order valence-corrected chi connectivity index (χ4v) is 7.46. The van der Waals surface area contributed by atoms with E-state index in [1.165, 1.54) is 37.5 Å². The molecule has 0 unspecified atom stereocenters. The lowest BCUT2D eigenvalue weighted by molar-refractivity contribution is -0.137. The smallest absolute Gasteiger partial charge is 0.317 e. The molecule has 0 fully saturated rings. The highest BCUT2D eigenvalue weighted by atomic mass is 32.1. The standard InChI is InChI=1S/C40H42N8O10S/c1-7-25-34(57-21(4)42-25)37(53)45-39-44-27-16-24(36(41)52)18-29(56-15-11-12-31(50)51)32(27)47(39)13-9-10-14-48-33-28(55-6)17-23(20(3)49)19-30(33)59-40(48)46-38(54)35-26(8-2)43-22(5)58-35/h9-10,16-19H,7-8,11-15H2,1-6H3,(H2,41,52)(H,50,51)(H,44,45,53)/b10-9+,46-40-. The number of aliphatic carboxylic acids is 1. The Kier molecular flexibility index (Phi) is 12.5. The van der Waals surface area contributed by atoms with Crippen molar-refractivity contribution in [1.29, 1.82) is 0 Å². The van der Waals surface area contributed by atoms with Gasteiger partial charge in [-0.1, -0.05) is 37.3 Å². The van der Waals surface area contributed by atoms with E-state index in [0.29, 0.717) is 67.9 Å². The Bertz CT molecular complexity index is 2730. The molecule has 0 radical (unpaired) electrons. The van der Waals surface area contributed by atoms with Crippen LogP contribution in [0.15, 0.2) is 50.2 Å². The van der Waals surface area contributed by atoms with Crippen LogP contribution < -0.4 is 25.3 Å². The molecule has 4 N–H and O–H groups in total. The Morgan fingerprint density at radius 2 is 1.54 bits per heavy atom. The molecule has 4 heterocycles. The van der Waals surface area contributed by atoms with Crippen LogP contribution in [0.2, 0.25) is 0 Å². The van der Waals surface area contributed by atoms with Crippen LogP contribution in [-0.4, -0.2) is 72.4 Å². The summed E-state index contributed by atoms with van der Waals surface area (Å²) in [5, 5.41) is 12.0. The first-order valence-corrected chi connectivity index (χ1v) is 19.4. The van der Waals surface area contributed by atoms with E-state index in [4.69, 9.17) is 29.1 Å². The fourth-order valence-electron chi connectivity index (χ4n) is 6.37. The van der Waals surface area contributed by atoms with Crippen molar-refractivity contribution < 1.29 is 47.4 Å². The number of aromatic nitrogens is 5.